The van der Waals surface area contributed by atoms with Gasteiger partial charge in [-0.2, -0.15) is 0 Å². The molecule has 2 rings (SSSR count). The van der Waals surface area contributed by atoms with Crippen molar-refractivity contribution in [3.63, 3.8) is 0 Å². The highest BCUT2D eigenvalue weighted by Crippen LogP contribution is 2.16. The Morgan fingerprint density at radius 1 is 1.38 bits per heavy atom. The lowest BCUT2D eigenvalue weighted by molar-refractivity contribution is 0.199. The molecule has 1 unspecified atom stereocenters. The number of carbonyl (C=O) groups excluding carboxylic acids is 1. The molecule has 1 aromatic rings. The van der Waals surface area contributed by atoms with Crippen LogP contribution in [0.25, 0.3) is 6.08 Å². The molecule has 1 saturated heterocycles. The van der Waals surface area contributed by atoms with E-state index in [1.807, 2.05) is 24.3 Å². The Morgan fingerprint density at radius 2 is 2.05 bits per heavy atom. The maximum Gasteiger partial charge on any atom is 0.321 e. The number of nitrogens with one attached hydrogen (secondary N) is 1. The van der Waals surface area contributed by atoms with E-state index in [1.54, 1.807) is 19.3 Å². The fraction of sp³-hybridized carbons (Fsp3) is 0.357. The molecule has 1 N–H and O–H groups in total. The van der Waals surface area contributed by atoms with Gasteiger partial charge in [0.05, 0.1) is 11.5 Å². The van der Waals surface area contributed by atoms with Crippen LogP contribution in [0.15, 0.2) is 34.9 Å². The Labute approximate surface area is 133 Å². The lowest BCUT2D eigenvalue weighted by atomic mass is 10.2. The molecule has 0 spiro atoms. The van der Waals surface area contributed by atoms with Crippen LogP contribution in [0.2, 0.25) is 0 Å². The van der Waals surface area contributed by atoms with E-state index in [-0.39, 0.29) is 23.6 Å². The summed E-state index contributed by atoms with van der Waals surface area (Å²) in [6.07, 6.45) is 3.85. The number of rotatable bonds is 3. The summed E-state index contributed by atoms with van der Waals surface area (Å²) in [4.78, 5) is 13.4. The van der Waals surface area contributed by atoms with Crippen LogP contribution in [-0.4, -0.2) is 43.9 Å². The summed E-state index contributed by atoms with van der Waals surface area (Å²) in [5.74, 6) is 0.206. The first-order valence-corrected chi connectivity index (χ1v) is 9.15. The zero-order chi connectivity index (χ0) is 15.5. The minimum Gasteiger partial charge on any atom is -0.324 e. The SMILES string of the molecule is CN(C(=O)N/C=C/c1ccc(Br)cc1)C1CCS(=O)(=O)C1. The van der Waals surface area contributed by atoms with Crippen LogP contribution < -0.4 is 5.32 Å². The van der Waals surface area contributed by atoms with Gasteiger partial charge in [0.1, 0.15) is 0 Å². The van der Waals surface area contributed by atoms with Crippen molar-refractivity contribution in [1.82, 2.24) is 10.2 Å². The van der Waals surface area contributed by atoms with Gasteiger partial charge in [-0.1, -0.05) is 28.1 Å². The first-order chi connectivity index (χ1) is 9.87. The third-order valence-electron chi connectivity index (χ3n) is 3.43. The number of hydrogen-bond donors (Lipinski definition) is 1. The van der Waals surface area contributed by atoms with E-state index in [1.165, 1.54) is 4.90 Å². The molecule has 0 aliphatic carbocycles. The summed E-state index contributed by atoms with van der Waals surface area (Å²) >= 11 is 3.35. The quantitative estimate of drug-likeness (QED) is 0.884. The van der Waals surface area contributed by atoms with Crippen LogP contribution in [0, 0.1) is 0 Å². The Morgan fingerprint density at radius 3 is 2.62 bits per heavy atom. The number of sulfone groups is 1. The second-order valence-electron chi connectivity index (χ2n) is 5.00. The lowest BCUT2D eigenvalue weighted by Crippen LogP contribution is -2.42. The molecule has 1 heterocycles. The Kier molecular flexibility index (Phi) is 5.05. The van der Waals surface area contributed by atoms with Gasteiger partial charge in [0, 0.05) is 23.8 Å². The second kappa shape index (κ2) is 6.62. The van der Waals surface area contributed by atoms with Crippen LogP contribution in [0.5, 0.6) is 0 Å². The topological polar surface area (TPSA) is 66.5 Å². The fourth-order valence-corrected chi connectivity index (χ4v) is 4.17. The van der Waals surface area contributed by atoms with Crippen molar-refractivity contribution in [2.75, 3.05) is 18.6 Å². The van der Waals surface area contributed by atoms with Gasteiger partial charge in [0.15, 0.2) is 9.84 Å². The zero-order valence-electron chi connectivity index (χ0n) is 11.6. The van der Waals surface area contributed by atoms with Crippen molar-refractivity contribution in [2.45, 2.75) is 12.5 Å². The Bertz CT molecular complexity index is 641. The second-order valence-corrected chi connectivity index (χ2v) is 8.15. The van der Waals surface area contributed by atoms with Crippen LogP contribution >= 0.6 is 15.9 Å². The van der Waals surface area contributed by atoms with Crippen molar-refractivity contribution < 1.29 is 13.2 Å². The summed E-state index contributed by atoms with van der Waals surface area (Å²) in [6, 6.07) is 7.12. The summed E-state index contributed by atoms with van der Waals surface area (Å²) in [7, 11) is -1.37. The van der Waals surface area contributed by atoms with Crippen molar-refractivity contribution in [2.24, 2.45) is 0 Å². The van der Waals surface area contributed by atoms with Gasteiger partial charge < -0.3 is 10.2 Å². The zero-order valence-corrected chi connectivity index (χ0v) is 14.0. The van der Waals surface area contributed by atoms with E-state index >= 15 is 0 Å². The molecule has 1 atom stereocenters. The van der Waals surface area contributed by atoms with Crippen LogP contribution in [-0.2, 0) is 9.84 Å². The van der Waals surface area contributed by atoms with Crippen LogP contribution in [0.3, 0.4) is 0 Å². The molecule has 0 aromatic heterocycles. The first kappa shape index (κ1) is 16.0. The lowest BCUT2D eigenvalue weighted by Gasteiger charge is -2.22. The predicted octanol–water partition coefficient (Wildman–Crippen LogP) is 2.25. The molecule has 1 aliphatic rings. The van der Waals surface area contributed by atoms with Gasteiger partial charge in [-0.3, -0.25) is 0 Å². The maximum atomic E-state index is 11.9. The fourth-order valence-electron chi connectivity index (χ4n) is 2.13. The molecule has 5 nitrogen and oxygen atoms in total. The van der Waals surface area contributed by atoms with E-state index in [2.05, 4.69) is 21.2 Å². The number of amides is 2. The molecule has 21 heavy (non-hydrogen) atoms. The maximum absolute atomic E-state index is 11.9. The number of urea groups is 1. The smallest absolute Gasteiger partial charge is 0.321 e. The highest BCUT2D eigenvalue weighted by Gasteiger charge is 2.32. The number of carbonyl (C=O) groups is 1. The van der Waals surface area contributed by atoms with Gasteiger partial charge in [-0.05, 0) is 30.2 Å². The molecule has 0 saturated carbocycles. The van der Waals surface area contributed by atoms with Crippen LogP contribution in [0.1, 0.15) is 12.0 Å². The first-order valence-electron chi connectivity index (χ1n) is 6.53. The molecule has 1 aromatic carbocycles. The van der Waals surface area contributed by atoms with Gasteiger partial charge in [-0.25, -0.2) is 13.2 Å². The summed E-state index contributed by atoms with van der Waals surface area (Å²) in [6.45, 7) is 0. The van der Waals surface area contributed by atoms with E-state index in [4.69, 9.17) is 0 Å². The van der Waals surface area contributed by atoms with E-state index in [0.29, 0.717) is 6.42 Å². The highest BCUT2D eigenvalue weighted by molar-refractivity contribution is 9.10. The molecular formula is C14H17BrN2O3S. The normalized spacial score (nSPS) is 20.6. The Balaban J connectivity index is 1.88. The molecule has 2 amide bonds. The third-order valence-corrected chi connectivity index (χ3v) is 5.71. The molecule has 1 aliphatic heterocycles. The number of nitrogens with zero attached hydrogens (tertiary/aromatic N) is 1. The van der Waals surface area contributed by atoms with Gasteiger partial charge in [0.25, 0.3) is 0 Å². The highest BCUT2D eigenvalue weighted by atomic mass is 79.9. The van der Waals surface area contributed by atoms with Crippen LogP contribution in [0.4, 0.5) is 4.79 Å². The van der Waals surface area contributed by atoms with Crippen molar-refractivity contribution in [3.8, 4) is 0 Å². The van der Waals surface area contributed by atoms with Gasteiger partial charge in [-0.15, -0.1) is 0 Å². The third kappa shape index (κ3) is 4.57. The molecule has 7 heteroatoms. The number of halogens is 1. The largest absolute Gasteiger partial charge is 0.324 e. The summed E-state index contributed by atoms with van der Waals surface area (Å²) in [5.41, 5.74) is 0.963. The number of benzene rings is 1. The average molecular weight is 373 g/mol. The van der Waals surface area contributed by atoms with Crippen molar-refractivity contribution in [3.05, 3.63) is 40.5 Å². The molecule has 0 bridgehead atoms. The van der Waals surface area contributed by atoms with Crippen molar-refractivity contribution in [1.29, 1.82) is 0 Å². The minimum atomic E-state index is -2.99. The average Bonchev–Trinajstić information content (AvgIpc) is 2.80. The minimum absolute atomic E-state index is 0.0490. The predicted molar refractivity (Wildman–Crippen MR) is 86.5 cm³/mol. The summed E-state index contributed by atoms with van der Waals surface area (Å²) in [5, 5.41) is 2.65. The van der Waals surface area contributed by atoms with Gasteiger partial charge in [0.2, 0.25) is 0 Å². The van der Waals surface area contributed by atoms with Gasteiger partial charge >= 0.3 is 6.03 Å². The standard InChI is InChI=1S/C14H17BrN2O3S/c1-17(13-7-9-21(19,20)10-13)14(18)16-8-6-11-2-4-12(15)5-3-11/h2-6,8,13H,7,9-10H2,1H3,(H,16,18)/b8-6+. The van der Waals surface area contributed by atoms with E-state index in [9.17, 15) is 13.2 Å². The molecule has 114 valence electrons. The Hall–Kier alpha value is -1.34. The molecule has 0 radical (unpaired) electrons. The summed E-state index contributed by atoms with van der Waals surface area (Å²) < 4.78 is 23.8. The van der Waals surface area contributed by atoms with Crippen molar-refractivity contribution >= 4 is 37.9 Å². The van der Waals surface area contributed by atoms with E-state index in [0.717, 1.165) is 10.0 Å². The number of hydrogen-bond acceptors (Lipinski definition) is 3. The van der Waals surface area contributed by atoms with E-state index < -0.39 is 9.84 Å². The molecule has 1 fully saturated rings. The molecular weight excluding hydrogens is 356 g/mol. The monoisotopic (exact) mass is 372 g/mol.